The normalized spacial score (nSPS) is 20.4. The molecule has 94 valence electrons. The van der Waals surface area contributed by atoms with Gasteiger partial charge in [0.05, 0.1) is 12.0 Å². The number of likely N-dealkylation sites (tertiary alicyclic amines) is 1. The monoisotopic (exact) mass is 318 g/mol. The number of hydrogen-bond acceptors (Lipinski definition) is 4. The molecular weight excluding hydrogens is 304 g/mol. The summed E-state index contributed by atoms with van der Waals surface area (Å²) in [6, 6.07) is 1.88. The third-order valence-corrected chi connectivity index (χ3v) is 4.60. The second kappa shape index (κ2) is 5.37. The van der Waals surface area contributed by atoms with Gasteiger partial charge in [0.15, 0.2) is 0 Å². The second-order valence-corrected chi connectivity index (χ2v) is 6.48. The van der Waals surface area contributed by atoms with Crippen LogP contribution in [0, 0.1) is 0 Å². The van der Waals surface area contributed by atoms with E-state index >= 15 is 0 Å². The SMILES string of the molecule is COc1cc(C(=O)N2CCCC(N)C2)sc1Br. The Labute approximate surface area is 113 Å². The van der Waals surface area contributed by atoms with Crippen LogP contribution in [0.5, 0.6) is 5.75 Å². The first kappa shape index (κ1) is 12.9. The predicted octanol–water partition coefficient (Wildman–Crippen LogP) is 2.08. The number of nitrogens with zero attached hydrogens (tertiary/aromatic N) is 1. The minimum atomic E-state index is 0.0501. The number of carbonyl (C=O) groups excluding carboxylic acids is 1. The molecule has 0 saturated carbocycles. The first-order chi connectivity index (χ1) is 8.11. The smallest absolute Gasteiger partial charge is 0.264 e. The van der Waals surface area contributed by atoms with Crippen molar-refractivity contribution in [1.82, 2.24) is 4.90 Å². The minimum absolute atomic E-state index is 0.0501. The van der Waals surface area contributed by atoms with Gasteiger partial charge in [-0.3, -0.25) is 4.79 Å². The number of ether oxygens (including phenoxy) is 1. The van der Waals surface area contributed by atoms with Gasteiger partial charge in [0.1, 0.15) is 9.54 Å². The summed E-state index contributed by atoms with van der Waals surface area (Å²) in [6.45, 7) is 1.45. The highest BCUT2D eigenvalue weighted by Gasteiger charge is 2.24. The van der Waals surface area contributed by atoms with Gasteiger partial charge >= 0.3 is 0 Å². The van der Waals surface area contributed by atoms with E-state index in [1.54, 1.807) is 13.2 Å². The lowest BCUT2D eigenvalue weighted by atomic mass is 10.1. The summed E-state index contributed by atoms with van der Waals surface area (Å²) in [6.07, 6.45) is 1.98. The third kappa shape index (κ3) is 2.81. The molecule has 0 aromatic carbocycles. The van der Waals surface area contributed by atoms with Crippen molar-refractivity contribution in [1.29, 1.82) is 0 Å². The van der Waals surface area contributed by atoms with Crippen molar-refractivity contribution in [2.45, 2.75) is 18.9 Å². The highest BCUT2D eigenvalue weighted by Crippen LogP contribution is 2.35. The third-order valence-electron chi connectivity index (χ3n) is 2.83. The zero-order valence-electron chi connectivity index (χ0n) is 9.61. The molecule has 1 aromatic heterocycles. The molecule has 1 aromatic rings. The quantitative estimate of drug-likeness (QED) is 0.908. The van der Waals surface area contributed by atoms with E-state index in [9.17, 15) is 4.79 Å². The lowest BCUT2D eigenvalue weighted by molar-refractivity contribution is 0.0713. The van der Waals surface area contributed by atoms with Crippen LogP contribution in [0.4, 0.5) is 0 Å². The number of halogens is 1. The number of methoxy groups -OCH3 is 1. The van der Waals surface area contributed by atoms with E-state index in [0.29, 0.717) is 17.2 Å². The number of hydrogen-bond donors (Lipinski definition) is 1. The zero-order chi connectivity index (χ0) is 12.4. The van der Waals surface area contributed by atoms with E-state index in [2.05, 4.69) is 15.9 Å². The summed E-state index contributed by atoms with van der Waals surface area (Å²) in [5.41, 5.74) is 5.88. The van der Waals surface area contributed by atoms with Crippen LogP contribution >= 0.6 is 27.3 Å². The van der Waals surface area contributed by atoms with E-state index in [1.807, 2.05) is 4.90 Å². The molecule has 1 atom stereocenters. The maximum absolute atomic E-state index is 12.2. The molecule has 0 spiro atoms. The van der Waals surface area contributed by atoms with Gasteiger partial charge in [0.25, 0.3) is 5.91 Å². The van der Waals surface area contributed by atoms with Crippen LogP contribution < -0.4 is 10.5 Å². The highest BCUT2D eigenvalue weighted by molar-refractivity contribution is 9.11. The molecule has 1 saturated heterocycles. The summed E-state index contributed by atoms with van der Waals surface area (Å²) in [5, 5.41) is 0. The summed E-state index contributed by atoms with van der Waals surface area (Å²) >= 11 is 4.78. The first-order valence-corrected chi connectivity index (χ1v) is 7.11. The molecule has 2 heterocycles. The lowest BCUT2D eigenvalue weighted by Gasteiger charge is -2.30. The number of rotatable bonds is 2. The molecule has 0 radical (unpaired) electrons. The zero-order valence-corrected chi connectivity index (χ0v) is 12.0. The number of thiophene rings is 1. The molecule has 2 N–H and O–H groups in total. The molecule has 1 aliphatic rings. The second-order valence-electron chi connectivity index (χ2n) is 4.11. The van der Waals surface area contributed by atoms with Gasteiger partial charge in [-0.2, -0.15) is 0 Å². The fourth-order valence-electron chi connectivity index (χ4n) is 1.95. The molecule has 1 amide bonds. The lowest BCUT2D eigenvalue weighted by Crippen LogP contribution is -2.45. The Hall–Kier alpha value is -0.590. The maximum atomic E-state index is 12.2. The Morgan fingerprint density at radius 2 is 2.47 bits per heavy atom. The fraction of sp³-hybridized carbons (Fsp3) is 0.545. The molecule has 4 nitrogen and oxygen atoms in total. The van der Waals surface area contributed by atoms with E-state index in [0.717, 1.165) is 23.2 Å². The topological polar surface area (TPSA) is 55.6 Å². The molecule has 2 rings (SSSR count). The Morgan fingerprint density at radius 1 is 1.71 bits per heavy atom. The molecule has 0 aliphatic carbocycles. The van der Waals surface area contributed by atoms with E-state index < -0.39 is 0 Å². The Kier molecular flexibility index (Phi) is 4.06. The van der Waals surface area contributed by atoms with Crippen LogP contribution in [0.15, 0.2) is 9.85 Å². The van der Waals surface area contributed by atoms with E-state index in [-0.39, 0.29) is 11.9 Å². The fourth-order valence-corrected chi connectivity index (χ4v) is 3.56. The van der Waals surface area contributed by atoms with E-state index in [4.69, 9.17) is 10.5 Å². The van der Waals surface area contributed by atoms with Gasteiger partial charge in [-0.1, -0.05) is 0 Å². The largest absolute Gasteiger partial charge is 0.495 e. The standard InChI is InChI=1S/C11H15BrN2O2S/c1-16-8-5-9(17-10(8)12)11(15)14-4-2-3-7(13)6-14/h5,7H,2-4,6,13H2,1H3. The van der Waals surface area contributed by atoms with Crippen molar-refractivity contribution in [3.63, 3.8) is 0 Å². The van der Waals surface area contributed by atoms with Crippen molar-refractivity contribution in [3.05, 3.63) is 14.7 Å². The van der Waals surface area contributed by atoms with Crippen molar-refractivity contribution >= 4 is 33.2 Å². The van der Waals surface area contributed by atoms with Crippen molar-refractivity contribution in [3.8, 4) is 5.75 Å². The summed E-state index contributed by atoms with van der Waals surface area (Å²) in [7, 11) is 1.60. The van der Waals surface area contributed by atoms with Crippen LogP contribution in [0.3, 0.4) is 0 Å². The Bertz CT molecular complexity index is 422. The number of amides is 1. The molecule has 17 heavy (non-hydrogen) atoms. The van der Waals surface area contributed by atoms with E-state index in [1.165, 1.54) is 11.3 Å². The van der Waals surface area contributed by atoms with Crippen LogP contribution in [-0.4, -0.2) is 37.0 Å². The average Bonchev–Trinajstić information content (AvgIpc) is 2.69. The van der Waals surface area contributed by atoms with Crippen LogP contribution in [0.2, 0.25) is 0 Å². The van der Waals surface area contributed by atoms with Crippen molar-refractivity contribution in [2.75, 3.05) is 20.2 Å². The van der Waals surface area contributed by atoms with Crippen LogP contribution in [0.25, 0.3) is 0 Å². The highest BCUT2D eigenvalue weighted by atomic mass is 79.9. The summed E-state index contributed by atoms with van der Waals surface area (Å²) in [5.74, 6) is 0.758. The van der Waals surface area contributed by atoms with Crippen LogP contribution in [0.1, 0.15) is 22.5 Å². The number of nitrogens with two attached hydrogens (primary N) is 1. The van der Waals surface area contributed by atoms with Gasteiger partial charge in [-0.25, -0.2) is 0 Å². The molecule has 1 aliphatic heterocycles. The van der Waals surface area contributed by atoms with Gasteiger partial charge in [-0.05, 0) is 28.8 Å². The molecule has 1 fully saturated rings. The molecular formula is C11H15BrN2O2S. The van der Waals surface area contributed by atoms with Gasteiger partial charge in [-0.15, -0.1) is 11.3 Å². The van der Waals surface area contributed by atoms with Gasteiger partial charge in [0, 0.05) is 25.2 Å². The Balaban J connectivity index is 2.13. The van der Waals surface area contributed by atoms with Gasteiger partial charge in [0.2, 0.25) is 0 Å². The summed E-state index contributed by atoms with van der Waals surface area (Å²) in [4.78, 5) is 14.8. The predicted molar refractivity (Wildman–Crippen MR) is 71.7 cm³/mol. The number of piperidine rings is 1. The van der Waals surface area contributed by atoms with Crippen molar-refractivity contribution < 1.29 is 9.53 Å². The molecule has 1 unspecified atom stereocenters. The van der Waals surface area contributed by atoms with Gasteiger partial charge < -0.3 is 15.4 Å². The minimum Gasteiger partial charge on any atom is -0.495 e. The number of carbonyl (C=O) groups is 1. The molecule has 0 bridgehead atoms. The van der Waals surface area contributed by atoms with Crippen LogP contribution in [-0.2, 0) is 0 Å². The molecule has 6 heteroatoms. The maximum Gasteiger partial charge on any atom is 0.264 e. The summed E-state index contributed by atoms with van der Waals surface area (Å²) < 4.78 is 6.00. The average molecular weight is 319 g/mol. The Morgan fingerprint density at radius 3 is 3.06 bits per heavy atom. The first-order valence-electron chi connectivity index (χ1n) is 5.50. The van der Waals surface area contributed by atoms with Crippen molar-refractivity contribution in [2.24, 2.45) is 5.73 Å².